The van der Waals surface area contributed by atoms with Gasteiger partial charge in [0.2, 0.25) is 0 Å². The molecule has 0 aliphatic heterocycles. The molecule has 1 unspecified atom stereocenters. The van der Waals surface area contributed by atoms with E-state index in [1.54, 1.807) is 18.2 Å². The van der Waals surface area contributed by atoms with Crippen molar-refractivity contribution >= 4 is 27.8 Å². The number of ether oxygens (including phenoxy) is 1. The molecule has 1 aromatic rings. The molecule has 0 saturated heterocycles. The number of hydrogen-bond donors (Lipinski definition) is 2. The highest BCUT2D eigenvalue weighted by Crippen LogP contribution is 2.17. The van der Waals surface area contributed by atoms with Crippen LogP contribution in [-0.4, -0.2) is 29.6 Å². The second-order valence-corrected chi connectivity index (χ2v) is 4.91. The van der Waals surface area contributed by atoms with Gasteiger partial charge in [-0.2, -0.15) is 0 Å². The molecule has 0 fully saturated rings. The number of nitrogens with one attached hydrogen (secondary N) is 1. The zero-order chi connectivity index (χ0) is 14.3. The van der Waals surface area contributed by atoms with Crippen molar-refractivity contribution in [3.8, 4) is 5.75 Å². The van der Waals surface area contributed by atoms with Crippen LogP contribution in [0.5, 0.6) is 5.75 Å². The van der Waals surface area contributed by atoms with E-state index in [0.29, 0.717) is 18.6 Å². The number of carboxylic acids is 1. The Morgan fingerprint density at radius 2 is 2.21 bits per heavy atom. The molecule has 0 spiro atoms. The molecule has 2 N–H and O–H groups in total. The van der Waals surface area contributed by atoms with Crippen molar-refractivity contribution in [2.24, 2.45) is 0 Å². The van der Waals surface area contributed by atoms with Gasteiger partial charge in [-0.25, -0.2) is 4.79 Å². The first-order valence-electron chi connectivity index (χ1n) is 5.93. The van der Waals surface area contributed by atoms with Gasteiger partial charge >= 0.3 is 5.97 Å². The minimum Gasteiger partial charge on any atom is -0.484 e. The summed E-state index contributed by atoms with van der Waals surface area (Å²) in [5.74, 6) is -0.926. The third-order valence-corrected chi connectivity index (χ3v) is 2.87. The average Bonchev–Trinajstić information content (AvgIpc) is 2.36. The first-order chi connectivity index (χ1) is 9.02. The molecule has 1 rings (SSSR count). The number of rotatable bonds is 7. The van der Waals surface area contributed by atoms with Crippen LogP contribution in [0.15, 0.2) is 28.7 Å². The quantitative estimate of drug-likeness (QED) is 0.804. The van der Waals surface area contributed by atoms with E-state index in [-0.39, 0.29) is 6.61 Å². The Hall–Kier alpha value is -1.56. The van der Waals surface area contributed by atoms with Crippen LogP contribution in [0, 0.1) is 0 Å². The Kier molecular flexibility index (Phi) is 6.35. The predicted octanol–water partition coefficient (Wildman–Crippen LogP) is 2.20. The summed E-state index contributed by atoms with van der Waals surface area (Å²) in [5, 5.41) is 11.3. The van der Waals surface area contributed by atoms with Gasteiger partial charge in [0.1, 0.15) is 11.8 Å². The van der Waals surface area contributed by atoms with Gasteiger partial charge in [-0.1, -0.05) is 35.3 Å². The molecule has 19 heavy (non-hydrogen) atoms. The average molecular weight is 330 g/mol. The number of halogens is 1. The van der Waals surface area contributed by atoms with Crippen molar-refractivity contribution in [1.82, 2.24) is 5.32 Å². The van der Waals surface area contributed by atoms with Crippen molar-refractivity contribution in [2.75, 3.05) is 6.61 Å². The maximum atomic E-state index is 11.6. The Balaban J connectivity index is 2.44. The lowest BCUT2D eigenvalue weighted by Gasteiger charge is -2.13. The third kappa shape index (κ3) is 5.74. The fraction of sp³-hybridized carbons (Fsp3) is 0.385. The van der Waals surface area contributed by atoms with Crippen molar-refractivity contribution < 1.29 is 19.4 Å². The van der Waals surface area contributed by atoms with Gasteiger partial charge in [-0.05, 0) is 24.6 Å². The van der Waals surface area contributed by atoms with Crippen LogP contribution in [0.3, 0.4) is 0 Å². The SMILES string of the molecule is CCCC(NC(=O)COc1cccc(Br)c1)C(=O)O. The smallest absolute Gasteiger partial charge is 0.326 e. The zero-order valence-corrected chi connectivity index (χ0v) is 12.1. The molecule has 1 atom stereocenters. The topological polar surface area (TPSA) is 75.6 Å². The number of amides is 1. The lowest BCUT2D eigenvalue weighted by atomic mass is 10.2. The van der Waals surface area contributed by atoms with Crippen molar-refractivity contribution in [3.05, 3.63) is 28.7 Å². The molecule has 1 aromatic carbocycles. The number of hydrogen-bond acceptors (Lipinski definition) is 3. The summed E-state index contributed by atoms with van der Waals surface area (Å²) in [6.45, 7) is 1.66. The number of carboxylic acid groups (broad SMARTS) is 1. The summed E-state index contributed by atoms with van der Waals surface area (Å²) in [6.07, 6.45) is 1.09. The van der Waals surface area contributed by atoms with Gasteiger partial charge in [-0.3, -0.25) is 4.79 Å². The maximum absolute atomic E-state index is 11.6. The van der Waals surface area contributed by atoms with Crippen LogP contribution in [-0.2, 0) is 9.59 Å². The highest BCUT2D eigenvalue weighted by molar-refractivity contribution is 9.10. The fourth-order valence-corrected chi connectivity index (χ4v) is 1.87. The molecule has 104 valence electrons. The summed E-state index contributed by atoms with van der Waals surface area (Å²) < 4.78 is 6.12. The van der Waals surface area contributed by atoms with Gasteiger partial charge in [0.25, 0.3) is 5.91 Å². The van der Waals surface area contributed by atoms with Crippen LogP contribution in [0.25, 0.3) is 0 Å². The van der Waals surface area contributed by atoms with Gasteiger partial charge in [0.05, 0.1) is 0 Å². The molecule has 0 aromatic heterocycles. The molecule has 0 bridgehead atoms. The van der Waals surface area contributed by atoms with E-state index < -0.39 is 17.9 Å². The number of aliphatic carboxylic acids is 1. The summed E-state index contributed by atoms with van der Waals surface area (Å²) in [6, 6.07) is 6.22. The first kappa shape index (κ1) is 15.5. The summed E-state index contributed by atoms with van der Waals surface area (Å²) in [5.41, 5.74) is 0. The molecule has 0 saturated carbocycles. The molecule has 6 heteroatoms. The second-order valence-electron chi connectivity index (χ2n) is 3.99. The van der Waals surface area contributed by atoms with Crippen LogP contribution in [0.1, 0.15) is 19.8 Å². The van der Waals surface area contributed by atoms with Crippen molar-refractivity contribution in [3.63, 3.8) is 0 Å². The van der Waals surface area contributed by atoms with Gasteiger partial charge in [-0.15, -0.1) is 0 Å². The van der Waals surface area contributed by atoms with Gasteiger partial charge < -0.3 is 15.2 Å². The monoisotopic (exact) mass is 329 g/mol. The first-order valence-corrected chi connectivity index (χ1v) is 6.72. The highest BCUT2D eigenvalue weighted by Gasteiger charge is 2.18. The van der Waals surface area contributed by atoms with Gasteiger partial charge in [0, 0.05) is 4.47 Å². The third-order valence-electron chi connectivity index (χ3n) is 2.38. The number of carbonyl (C=O) groups excluding carboxylic acids is 1. The zero-order valence-electron chi connectivity index (χ0n) is 10.6. The largest absolute Gasteiger partial charge is 0.484 e. The van der Waals surface area contributed by atoms with E-state index in [4.69, 9.17) is 9.84 Å². The van der Waals surface area contributed by atoms with Crippen LogP contribution in [0.4, 0.5) is 0 Å². The maximum Gasteiger partial charge on any atom is 0.326 e. The van der Waals surface area contributed by atoms with E-state index in [9.17, 15) is 9.59 Å². The minimum absolute atomic E-state index is 0.204. The van der Waals surface area contributed by atoms with E-state index in [1.807, 2.05) is 13.0 Å². The van der Waals surface area contributed by atoms with E-state index >= 15 is 0 Å². The van der Waals surface area contributed by atoms with E-state index in [1.165, 1.54) is 0 Å². The fourth-order valence-electron chi connectivity index (χ4n) is 1.49. The summed E-state index contributed by atoms with van der Waals surface area (Å²) in [7, 11) is 0. The van der Waals surface area contributed by atoms with Crippen LogP contribution < -0.4 is 10.1 Å². The Bertz CT molecular complexity index is 450. The highest BCUT2D eigenvalue weighted by atomic mass is 79.9. The van der Waals surface area contributed by atoms with E-state index in [0.717, 1.165) is 4.47 Å². The molecular formula is C13H16BrNO4. The predicted molar refractivity (Wildman–Crippen MR) is 74.1 cm³/mol. The Morgan fingerprint density at radius 1 is 1.47 bits per heavy atom. The van der Waals surface area contributed by atoms with Crippen LogP contribution in [0.2, 0.25) is 0 Å². The molecule has 0 aliphatic carbocycles. The molecule has 1 amide bonds. The molecule has 5 nitrogen and oxygen atoms in total. The van der Waals surface area contributed by atoms with Crippen molar-refractivity contribution in [2.45, 2.75) is 25.8 Å². The standard InChI is InChI=1S/C13H16BrNO4/c1-2-4-11(13(17)18)15-12(16)8-19-10-6-3-5-9(14)7-10/h3,5-7,11H,2,4,8H2,1H3,(H,15,16)(H,17,18). The lowest BCUT2D eigenvalue weighted by Crippen LogP contribution is -2.42. The summed E-state index contributed by atoms with van der Waals surface area (Å²) >= 11 is 3.29. The van der Waals surface area contributed by atoms with E-state index in [2.05, 4.69) is 21.2 Å². The molecule has 0 aliphatic rings. The Morgan fingerprint density at radius 3 is 2.79 bits per heavy atom. The van der Waals surface area contributed by atoms with Crippen molar-refractivity contribution in [1.29, 1.82) is 0 Å². The number of benzene rings is 1. The second kappa shape index (κ2) is 7.78. The molecule has 0 radical (unpaired) electrons. The number of carbonyl (C=O) groups is 2. The molecular weight excluding hydrogens is 314 g/mol. The Labute approximate surface area is 120 Å². The lowest BCUT2D eigenvalue weighted by molar-refractivity contribution is -0.142. The summed E-state index contributed by atoms with van der Waals surface area (Å²) in [4.78, 5) is 22.5. The normalized spacial score (nSPS) is 11.7. The minimum atomic E-state index is -1.03. The molecule has 0 heterocycles. The van der Waals surface area contributed by atoms with Crippen LogP contribution >= 0.6 is 15.9 Å². The van der Waals surface area contributed by atoms with Gasteiger partial charge in [0.15, 0.2) is 6.61 Å².